The molecule has 1 aromatic carbocycles. The van der Waals surface area contributed by atoms with Crippen molar-refractivity contribution in [3.8, 4) is 5.75 Å². The number of nitrogens with one attached hydrogen (secondary N) is 1. The summed E-state index contributed by atoms with van der Waals surface area (Å²) in [5, 5.41) is 3.51. The maximum absolute atomic E-state index is 5.87. The molecule has 1 unspecified atom stereocenters. The van der Waals surface area contributed by atoms with Crippen molar-refractivity contribution >= 4 is 0 Å². The second-order valence-corrected chi connectivity index (χ2v) is 5.41. The van der Waals surface area contributed by atoms with Crippen LogP contribution in [0.2, 0.25) is 0 Å². The Labute approximate surface area is 120 Å². The van der Waals surface area contributed by atoms with Crippen LogP contribution >= 0.6 is 0 Å². The number of benzene rings is 1. The van der Waals surface area contributed by atoms with Gasteiger partial charge in [0.1, 0.15) is 5.75 Å². The fraction of sp³-hybridized carbons (Fsp3) is 0.625. The third kappa shape index (κ3) is 3.72. The summed E-state index contributed by atoms with van der Waals surface area (Å²) in [5.74, 6) is 0.973. The molecule has 1 aromatic rings. The van der Waals surface area contributed by atoms with E-state index in [4.69, 9.17) is 14.2 Å². The highest BCUT2D eigenvalue weighted by Gasteiger charge is 2.25. The first-order valence-corrected chi connectivity index (χ1v) is 7.58. The van der Waals surface area contributed by atoms with Gasteiger partial charge in [-0.05, 0) is 37.1 Å². The molecular weight excluding hydrogens is 254 g/mol. The van der Waals surface area contributed by atoms with Gasteiger partial charge in [-0.2, -0.15) is 0 Å². The lowest BCUT2D eigenvalue weighted by Crippen LogP contribution is -2.26. The molecular formula is C16H23NO3. The Morgan fingerprint density at radius 2 is 2.10 bits per heavy atom. The van der Waals surface area contributed by atoms with Crippen LogP contribution in [0.3, 0.4) is 0 Å². The van der Waals surface area contributed by atoms with Crippen LogP contribution in [0.4, 0.5) is 0 Å². The maximum atomic E-state index is 5.87. The van der Waals surface area contributed by atoms with Crippen LogP contribution in [0.15, 0.2) is 24.3 Å². The highest BCUT2D eigenvalue weighted by Crippen LogP contribution is 2.29. The second-order valence-electron chi connectivity index (χ2n) is 5.41. The summed E-state index contributed by atoms with van der Waals surface area (Å²) in [7, 11) is 0. The van der Waals surface area contributed by atoms with Gasteiger partial charge in [-0.1, -0.05) is 19.1 Å². The first-order valence-electron chi connectivity index (χ1n) is 7.58. The van der Waals surface area contributed by atoms with Gasteiger partial charge >= 0.3 is 0 Å². The maximum Gasteiger partial charge on any atom is 0.159 e. The molecule has 3 rings (SSSR count). The fourth-order valence-corrected chi connectivity index (χ4v) is 2.50. The molecule has 1 aliphatic heterocycles. The molecule has 2 aliphatic rings. The van der Waals surface area contributed by atoms with Crippen LogP contribution < -0.4 is 10.1 Å². The normalized spacial score (nSPS) is 21.1. The van der Waals surface area contributed by atoms with Gasteiger partial charge in [0.05, 0.1) is 19.3 Å². The zero-order valence-electron chi connectivity index (χ0n) is 12.0. The van der Waals surface area contributed by atoms with E-state index in [9.17, 15) is 0 Å². The van der Waals surface area contributed by atoms with Crippen LogP contribution in [0.5, 0.6) is 5.75 Å². The van der Waals surface area contributed by atoms with Crippen LogP contribution in [-0.2, 0) is 9.47 Å². The van der Waals surface area contributed by atoms with Crippen LogP contribution in [0, 0.1) is 0 Å². The Morgan fingerprint density at radius 1 is 1.30 bits per heavy atom. The first-order chi connectivity index (χ1) is 9.85. The summed E-state index contributed by atoms with van der Waals surface area (Å²) < 4.78 is 17.0. The van der Waals surface area contributed by atoms with Crippen molar-refractivity contribution in [2.45, 2.75) is 44.6 Å². The van der Waals surface area contributed by atoms with Crippen molar-refractivity contribution in [3.63, 3.8) is 0 Å². The predicted octanol–water partition coefficient (Wildman–Crippen LogP) is 2.64. The number of ether oxygens (including phenoxy) is 3. The average Bonchev–Trinajstić information content (AvgIpc) is 3.12. The quantitative estimate of drug-likeness (QED) is 0.831. The molecule has 4 heteroatoms. The van der Waals surface area contributed by atoms with Crippen molar-refractivity contribution in [1.82, 2.24) is 5.32 Å². The molecule has 1 atom stereocenters. The molecule has 20 heavy (non-hydrogen) atoms. The molecule has 0 spiro atoms. The third-order valence-corrected chi connectivity index (χ3v) is 3.66. The Hall–Kier alpha value is -1.10. The van der Waals surface area contributed by atoms with Crippen molar-refractivity contribution in [2.75, 3.05) is 19.8 Å². The lowest BCUT2D eigenvalue weighted by molar-refractivity contribution is -0.0529. The fourth-order valence-electron chi connectivity index (χ4n) is 2.50. The Balaban J connectivity index is 1.67. The lowest BCUT2D eigenvalue weighted by atomic mass is 10.0. The molecule has 1 saturated carbocycles. The lowest BCUT2D eigenvalue weighted by Gasteiger charge is -2.21. The Bertz CT molecular complexity index is 427. The van der Waals surface area contributed by atoms with E-state index in [1.165, 1.54) is 18.4 Å². The van der Waals surface area contributed by atoms with Gasteiger partial charge in [0.15, 0.2) is 6.29 Å². The monoisotopic (exact) mass is 277 g/mol. The molecule has 0 aromatic heterocycles. The van der Waals surface area contributed by atoms with Crippen molar-refractivity contribution < 1.29 is 14.2 Å². The number of hydrogen-bond donors (Lipinski definition) is 1. The van der Waals surface area contributed by atoms with E-state index in [1.54, 1.807) is 0 Å². The third-order valence-electron chi connectivity index (χ3n) is 3.66. The number of rotatable bonds is 7. The molecule has 2 fully saturated rings. The second kappa shape index (κ2) is 6.57. The van der Waals surface area contributed by atoms with E-state index in [0.29, 0.717) is 19.3 Å². The minimum absolute atomic E-state index is 0.0907. The van der Waals surface area contributed by atoms with Gasteiger partial charge in [-0.3, -0.25) is 0 Å². The Kier molecular flexibility index (Phi) is 4.55. The van der Waals surface area contributed by atoms with Gasteiger partial charge in [-0.15, -0.1) is 0 Å². The standard InChI is InChI=1S/C16H23NO3/c1-2-17-15(11-16-18-8-9-19-16)12-4-3-5-14(10-12)20-13-6-7-13/h3-5,10,13,15-17H,2,6-9,11H2,1H3. The zero-order chi connectivity index (χ0) is 13.8. The molecule has 1 aliphatic carbocycles. The summed E-state index contributed by atoms with van der Waals surface area (Å²) >= 11 is 0. The molecule has 0 bridgehead atoms. The molecule has 4 nitrogen and oxygen atoms in total. The summed E-state index contributed by atoms with van der Waals surface area (Å²) in [6.07, 6.45) is 3.55. The van der Waals surface area contributed by atoms with Crippen molar-refractivity contribution in [2.24, 2.45) is 0 Å². The van der Waals surface area contributed by atoms with Gasteiger partial charge in [0.25, 0.3) is 0 Å². The van der Waals surface area contributed by atoms with Gasteiger partial charge in [0, 0.05) is 12.5 Å². The largest absolute Gasteiger partial charge is 0.490 e. The van der Waals surface area contributed by atoms with E-state index >= 15 is 0 Å². The Morgan fingerprint density at radius 3 is 2.80 bits per heavy atom. The van der Waals surface area contributed by atoms with E-state index in [-0.39, 0.29) is 12.3 Å². The highest BCUT2D eigenvalue weighted by atomic mass is 16.7. The molecule has 0 amide bonds. The van der Waals surface area contributed by atoms with E-state index in [1.807, 2.05) is 6.07 Å². The zero-order valence-corrected chi connectivity index (χ0v) is 12.0. The van der Waals surface area contributed by atoms with Crippen LogP contribution in [0.25, 0.3) is 0 Å². The summed E-state index contributed by atoms with van der Waals surface area (Å²) in [4.78, 5) is 0. The summed E-state index contributed by atoms with van der Waals surface area (Å²) in [5.41, 5.74) is 1.24. The molecule has 0 radical (unpaired) electrons. The molecule has 1 N–H and O–H groups in total. The minimum atomic E-state index is -0.0907. The van der Waals surface area contributed by atoms with Gasteiger partial charge in [-0.25, -0.2) is 0 Å². The average molecular weight is 277 g/mol. The topological polar surface area (TPSA) is 39.7 Å². The first kappa shape index (κ1) is 13.9. The van der Waals surface area contributed by atoms with E-state index < -0.39 is 0 Å². The molecule has 1 heterocycles. The highest BCUT2D eigenvalue weighted by molar-refractivity contribution is 5.31. The van der Waals surface area contributed by atoms with Gasteiger partial charge in [0.2, 0.25) is 0 Å². The summed E-state index contributed by atoms with van der Waals surface area (Å²) in [6.45, 7) is 4.45. The smallest absolute Gasteiger partial charge is 0.159 e. The van der Waals surface area contributed by atoms with Crippen LogP contribution in [0.1, 0.15) is 37.8 Å². The van der Waals surface area contributed by atoms with Gasteiger partial charge < -0.3 is 19.5 Å². The SMILES string of the molecule is CCNC(CC1OCCO1)c1cccc(OC2CC2)c1. The molecule has 110 valence electrons. The minimum Gasteiger partial charge on any atom is -0.490 e. The van der Waals surface area contributed by atoms with Crippen LogP contribution in [-0.4, -0.2) is 32.2 Å². The van der Waals surface area contributed by atoms with E-state index in [0.717, 1.165) is 18.7 Å². The van der Waals surface area contributed by atoms with E-state index in [2.05, 4.69) is 30.4 Å². The van der Waals surface area contributed by atoms with Crippen molar-refractivity contribution in [3.05, 3.63) is 29.8 Å². The van der Waals surface area contributed by atoms with Crippen molar-refractivity contribution in [1.29, 1.82) is 0 Å². The number of hydrogen-bond acceptors (Lipinski definition) is 4. The predicted molar refractivity (Wildman–Crippen MR) is 76.8 cm³/mol. The summed E-state index contributed by atoms with van der Waals surface area (Å²) in [6, 6.07) is 8.62. The molecule has 1 saturated heterocycles.